The van der Waals surface area contributed by atoms with Crippen molar-refractivity contribution in [2.75, 3.05) is 19.6 Å². The highest BCUT2D eigenvalue weighted by molar-refractivity contribution is 5.85. The van der Waals surface area contributed by atoms with Gasteiger partial charge in [0.2, 0.25) is 0 Å². The Morgan fingerprint density at radius 2 is 1.28 bits per heavy atom. The number of hydrogen-bond acceptors (Lipinski definition) is 2. The molecule has 3 heteroatoms. The van der Waals surface area contributed by atoms with Crippen LogP contribution < -0.4 is 0 Å². The fourth-order valence-electron chi connectivity index (χ4n) is 3.33. The second-order valence-corrected chi connectivity index (χ2v) is 7.35. The first-order valence-corrected chi connectivity index (χ1v) is 10.8. The Hall–Kier alpha value is -0.500. The van der Waals surface area contributed by atoms with Crippen LogP contribution in [-0.4, -0.2) is 30.9 Å². The molecular weight excluding hydrogens is 328 g/mol. The van der Waals surface area contributed by atoms with Crippen molar-refractivity contribution in [3.63, 3.8) is 0 Å². The molecule has 0 bridgehead atoms. The summed E-state index contributed by atoms with van der Waals surface area (Å²) in [5, 5.41) is 0. The van der Waals surface area contributed by atoms with Gasteiger partial charge < -0.3 is 4.90 Å². The molecule has 0 aliphatic carbocycles. The first kappa shape index (κ1) is 24.5. The molecule has 0 aromatic heterocycles. The van der Waals surface area contributed by atoms with Gasteiger partial charge in [-0.05, 0) is 32.1 Å². The first-order valence-electron chi connectivity index (χ1n) is 10.8. The molecule has 1 heterocycles. The summed E-state index contributed by atoms with van der Waals surface area (Å²) >= 11 is 0. The minimum Gasteiger partial charge on any atom is -0.361 e. The monoisotopic (exact) mass is 370 g/mol. The molecule has 0 saturated carbocycles. The van der Waals surface area contributed by atoms with Gasteiger partial charge in [-0.3, -0.25) is 4.99 Å². The second-order valence-electron chi connectivity index (χ2n) is 7.35. The Kier molecular flexibility index (Phi) is 19.4. The normalized spacial score (nSPS) is 13.7. The molecule has 1 aliphatic rings. The summed E-state index contributed by atoms with van der Waals surface area (Å²) in [5.74, 6) is 0. The maximum absolute atomic E-state index is 4.26. The molecule has 0 atom stereocenters. The zero-order valence-electron chi connectivity index (χ0n) is 16.8. The average Bonchev–Trinajstić information content (AvgIpc) is 3.11. The number of nitrogens with zero attached hydrogens (tertiary/aromatic N) is 2. The quantitative estimate of drug-likeness (QED) is 0.195. The highest BCUT2D eigenvalue weighted by atomic mass is 35.5. The van der Waals surface area contributed by atoms with Gasteiger partial charge in [-0.2, -0.15) is 0 Å². The van der Waals surface area contributed by atoms with Gasteiger partial charge in [0.1, 0.15) is 0 Å². The standard InChI is InChI=1S/C22H42N2.ClH/c1-2-3-4-5-6-7-8-9-10-11-12-13-14-15-16-17-18-20-24-21-19-23-22-24;/h9-10,22H,2-8,11-21H2,1H3;1H. The van der Waals surface area contributed by atoms with Crippen LogP contribution in [0.3, 0.4) is 0 Å². The number of rotatable bonds is 17. The summed E-state index contributed by atoms with van der Waals surface area (Å²) in [5.41, 5.74) is 0. The molecule has 0 N–H and O–H groups in total. The summed E-state index contributed by atoms with van der Waals surface area (Å²) in [6.45, 7) is 5.65. The molecule has 0 aromatic rings. The number of unbranched alkanes of at least 4 members (excludes halogenated alkanes) is 13. The zero-order valence-corrected chi connectivity index (χ0v) is 17.6. The van der Waals surface area contributed by atoms with Crippen molar-refractivity contribution in [1.29, 1.82) is 0 Å². The van der Waals surface area contributed by atoms with Gasteiger partial charge in [-0.25, -0.2) is 0 Å². The number of hydrogen-bond donors (Lipinski definition) is 0. The largest absolute Gasteiger partial charge is 0.361 e. The molecule has 0 unspecified atom stereocenters. The van der Waals surface area contributed by atoms with Crippen LogP contribution >= 0.6 is 12.4 Å². The lowest BCUT2D eigenvalue weighted by molar-refractivity contribution is 0.439. The number of allylic oxidation sites excluding steroid dienone is 2. The zero-order chi connectivity index (χ0) is 17.1. The second kappa shape index (κ2) is 19.8. The maximum atomic E-state index is 4.26. The molecule has 0 aromatic carbocycles. The average molecular weight is 371 g/mol. The van der Waals surface area contributed by atoms with Gasteiger partial charge in [0, 0.05) is 13.1 Å². The number of aliphatic imine (C=N–C) groups is 1. The Balaban J connectivity index is 0.00000576. The molecule has 25 heavy (non-hydrogen) atoms. The molecule has 1 rings (SSSR count). The molecule has 0 saturated heterocycles. The van der Waals surface area contributed by atoms with E-state index in [9.17, 15) is 0 Å². The number of halogens is 1. The van der Waals surface area contributed by atoms with E-state index in [1.54, 1.807) is 0 Å². The molecule has 0 spiro atoms. The molecular formula is C22H43ClN2. The van der Waals surface area contributed by atoms with Gasteiger partial charge >= 0.3 is 0 Å². The van der Waals surface area contributed by atoms with Crippen molar-refractivity contribution < 1.29 is 0 Å². The van der Waals surface area contributed by atoms with Crippen LogP contribution in [-0.2, 0) is 0 Å². The minimum absolute atomic E-state index is 0. The third kappa shape index (κ3) is 16.7. The van der Waals surface area contributed by atoms with E-state index in [1.807, 2.05) is 6.34 Å². The van der Waals surface area contributed by atoms with Crippen LogP contribution in [0.25, 0.3) is 0 Å². The molecule has 0 fully saturated rings. The topological polar surface area (TPSA) is 15.6 Å². The van der Waals surface area contributed by atoms with Crippen LogP contribution in [0, 0.1) is 0 Å². The Morgan fingerprint density at radius 3 is 1.80 bits per heavy atom. The fraction of sp³-hybridized carbons (Fsp3) is 0.864. The maximum Gasteiger partial charge on any atom is 0.0851 e. The smallest absolute Gasteiger partial charge is 0.0851 e. The van der Waals surface area contributed by atoms with Gasteiger partial charge in [0.15, 0.2) is 0 Å². The van der Waals surface area contributed by atoms with E-state index in [4.69, 9.17) is 0 Å². The van der Waals surface area contributed by atoms with E-state index in [0.717, 1.165) is 13.1 Å². The molecule has 1 aliphatic heterocycles. The molecule has 0 radical (unpaired) electrons. The van der Waals surface area contributed by atoms with Crippen molar-refractivity contribution in [3.8, 4) is 0 Å². The predicted molar refractivity (Wildman–Crippen MR) is 116 cm³/mol. The minimum atomic E-state index is 0. The summed E-state index contributed by atoms with van der Waals surface area (Å²) in [6.07, 6.45) is 27.7. The summed E-state index contributed by atoms with van der Waals surface area (Å²) in [4.78, 5) is 6.61. The lowest BCUT2D eigenvalue weighted by Crippen LogP contribution is -2.20. The molecule has 2 nitrogen and oxygen atoms in total. The van der Waals surface area contributed by atoms with E-state index in [0.29, 0.717) is 0 Å². The van der Waals surface area contributed by atoms with Crippen LogP contribution in [0.2, 0.25) is 0 Å². The van der Waals surface area contributed by atoms with Crippen molar-refractivity contribution in [3.05, 3.63) is 12.2 Å². The van der Waals surface area contributed by atoms with Crippen molar-refractivity contribution in [2.45, 2.75) is 103 Å². The van der Waals surface area contributed by atoms with Crippen molar-refractivity contribution in [1.82, 2.24) is 4.90 Å². The van der Waals surface area contributed by atoms with Crippen LogP contribution in [0.4, 0.5) is 0 Å². The van der Waals surface area contributed by atoms with E-state index in [-0.39, 0.29) is 12.4 Å². The highest BCUT2D eigenvalue weighted by Gasteiger charge is 2.03. The molecule has 0 amide bonds. The van der Waals surface area contributed by atoms with E-state index in [1.165, 1.54) is 103 Å². The third-order valence-corrected chi connectivity index (χ3v) is 4.97. The van der Waals surface area contributed by atoms with Crippen molar-refractivity contribution >= 4 is 18.7 Å². The van der Waals surface area contributed by atoms with Crippen LogP contribution in [0.15, 0.2) is 17.1 Å². The van der Waals surface area contributed by atoms with Gasteiger partial charge in [0.05, 0.1) is 12.9 Å². The first-order chi connectivity index (χ1) is 11.9. The van der Waals surface area contributed by atoms with Crippen LogP contribution in [0.1, 0.15) is 103 Å². The highest BCUT2D eigenvalue weighted by Crippen LogP contribution is 2.11. The fourth-order valence-corrected chi connectivity index (χ4v) is 3.33. The third-order valence-electron chi connectivity index (χ3n) is 4.97. The van der Waals surface area contributed by atoms with E-state index in [2.05, 4.69) is 29.0 Å². The van der Waals surface area contributed by atoms with Crippen molar-refractivity contribution in [2.24, 2.45) is 4.99 Å². The van der Waals surface area contributed by atoms with Gasteiger partial charge in [-0.1, -0.05) is 83.3 Å². The Morgan fingerprint density at radius 1 is 0.760 bits per heavy atom. The summed E-state index contributed by atoms with van der Waals surface area (Å²) in [6, 6.07) is 0. The lowest BCUT2D eigenvalue weighted by Gasteiger charge is -2.12. The van der Waals surface area contributed by atoms with Gasteiger partial charge in [-0.15, -0.1) is 12.4 Å². The predicted octanol–water partition coefficient (Wildman–Crippen LogP) is 7.18. The summed E-state index contributed by atoms with van der Waals surface area (Å²) < 4.78 is 0. The van der Waals surface area contributed by atoms with E-state index >= 15 is 0 Å². The lowest BCUT2D eigenvalue weighted by atomic mass is 10.1. The Bertz CT molecular complexity index is 315. The van der Waals surface area contributed by atoms with Gasteiger partial charge in [0.25, 0.3) is 0 Å². The van der Waals surface area contributed by atoms with Crippen LogP contribution in [0.5, 0.6) is 0 Å². The molecule has 148 valence electrons. The summed E-state index contributed by atoms with van der Waals surface area (Å²) in [7, 11) is 0. The van der Waals surface area contributed by atoms with E-state index < -0.39 is 0 Å². The SMILES string of the molecule is CCCCCCCCC=CCCCCCCCCCN1C=NCC1.Cl. The Labute approximate surface area is 164 Å².